The summed E-state index contributed by atoms with van der Waals surface area (Å²) in [5.41, 5.74) is 0.864. The second-order valence-corrected chi connectivity index (χ2v) is 9.80. The summed E-state index contributed by atoms with van der Waals surface area (Å²) in [5, 5.41) is 4.20. The molecule has 0 bridgehead atoms. The molecule has 3 aliphatic rings. The molecule has 6 rings (SSSR count). The number of carbonyl (C=O) groups is 2. The number of nitrogens with one attached hydrogen (secondary N) is 1. The molecular weight excluding hydrogens is 446 g/mol. The van der Waals surface area contributed by atoms with E-state index in [0.29, 0.717) is 35.2 Å². The van der Waals surface area contributed by atoms with Crippen LogP contribution in [0.2, 0.25) is 0 Å². The van der Waals surface area contributed by atoms with Gasteiger partial charge in [0.1, 0.15) is 17.0 Å². The maximum absolute atomic E-state index is 14.1. The molecule has 1 N–H and O–H groups in total. The Bertz CT molecular complexity index is 1330. The zero-order chi connectivity index (χ0) is 24.2. The molecule has 3 heterocycles. The summed E-state index contributed by atoms with van der Waals surface area (Å²) >= 11 is 0. The molecule has 182 valence electrons. The Kier molecular flexibility index (Phi) is 5.12. The minimum Gasteiger partial charge on any atom is -0.497 e. The van der Waals surface area contributed by atoms with E-state index in [9.17, 15) is 9.59 Å². The van der Waals surface area contributed by atoms with Crippen molar-refractivity contribution >= 4 is 28.4 Å². The number of fused-ring (bicyclic) bond motifs is 4. The molecular formula is C27H29N3O5. The number of nitrogens with zero attached hydrogens (tertiary/aromatic N) is 2. The lowest BCUT2D eigenvalue weighted by atomic mass is 9.91. The molecule has 2 aliphatic heterocycles. The zero-order valence-electron chi connectivity index (χ0n) is 20.0. The van der Waals surface area contributed by atoms with E-state index < -0.39 is 5.54 Å². The van der Waals surface area contributed by atoms with E-state index in [1.54, 1.807) is 24.1 Å². The van der Waals surface area contributed by atoms with E-state index in [-0.39, 0.29) is 24.6 Å². The molecule has 2 amide bonds. The first-order valence-electron chi connectivity index (χ1n) is 12.2. The molecule has 8 heteroatoms. The van der Waals surface area contributed by atoms with E-state index in [1.165, 1.54) is 6.42 Å². The van der Waals surface area contributed by atoms with E-state index in [1.807, 2.05) is 41.8 Å². The van der Waals surface area contributed by atoms with Crippen molar-refractivity contribution in [3.8, 4) is 17.2 Å². The molecule has 8 nitrogen and oxygen atoms in total. The van der Waals surface area contributed by atoms with E-state index in [2.05, 4.69) is 5.32 Å². The minimum absolute atomic E-state index is 0.129. The Morgan fingerprint density at radius 2 is 1.86 bits per heavy atom. The standard InChI is InChI=1S/C27H29N3O5/c1-27(26(32)28-18-6-4-3-5-7-18)15-29-21-14-20(33-2)10-8-17(21)12-22(29)25(31)30(27)19-9-11-23-24(13-19)35-16-34-23/h8-14,18H,3-7,15-16H2,1-2H3,(H,28,32)/t27-/m1/s1. The van der Waals surface area contributed by atoms with Crippen molar-refractivity contribution in [1.82, 2.24) is 9.88 Å². The number of aromatic nitrogens is 1. The van der Waals surface area contributed by atoms with Gasteiger partial charge >= 0.3 is 0 Å². The monoisotopic (exact) mass is 475 g/mol. The number of benzene rings is 2. The average molecular weight is 476 g/mol. The van der Waals surface area contributed by atoms with Crippen LogP contribution in [-0.2, 0) is 11.3 Å². The van der Waals surface area contributed by atoms with Gasteiger partial charge in [0.05, 0.1) is 19.2 Å². The van der Waals surface area contributed by atoms with Gasteiger partial charge in [0.15, 0.2) is 11.5 Å². The summed E-state index contributed by atoms with van der Waals surface area (Å²) in [4.78, 5) is 29.6. The van der Waals surface area contributed by atoms with Gasteiger partial charge in [0.25, 0.3) is 5.91 Å². The van der Waals surface area contributed by atoms with Crippen LogP contribution >= 0.6 is 0 Å². The highest BCUT2D eigenvalue weighted by Gasteiger charge is 2.49. The molecule has 1 aliphatic carbocycles. The van der Waals surface area contributed by atoms with Crippen LogP contribution in [0.1, 0.15) is 49.5 Å². The molecule has 1 fully saturated rings. The summed E-state index contributed by atoms with van der Waals surface area (Å²) < 4.78 is 18.4. The summed E-state index contributed by atoms with van der Waals surface area (Å²) in [5.74, 6) is 1.53. The first kappa shape index (κ1) is 21.8. The third-order valence-electron chi connectivity index (χ3n) is 7.54. The van der Waals surface area contributed by atoms with Crippen molar-refractivity contribution in [2.45, 2.75) is 57.2 Å². The van der Waals surface area contributed by atoms with Crippen molar-refractivity contribution in [1.29, 1.82) is 0 Å². The van der Waals surface area contributed by atoms with Gasteiger partial charge in [-0.3, -0.25) is 14.5 Å². The van der Waals surface area contributed by atoms with Gasteiger partial charge in [-0.1, -0.05) is 19.3 Å². The quantitative estimate of drug-likeness (QED) is 0.610. The van der Waals surface area contributed by atoms with Crippen molar-refractivity contribution in [3.63, 3.8) is 0 Å². The third-order valence-corrected chi connectivity index (χ3v) is 7.54. The second-order valence-electron chi connectivity index (χ2n) is 9.80. The van der Waals surface area contributed by atoms with Crippen molar-refractivity contribution < 1.29 is 23.8 Å². The predicted molar refractivity (Wildman–Crippen MR) is 131 cm³/mol. The molecule has 35 heavy (non-hydrogen) atoms. The second kappa shape index (κ2) is 8.22. The SMILES string of the molecule is COc1ccc2cc3n(c2c1)C[C@](C)(C(=O)NC1CCCCC1)N(c1ccc2c(c1)OCO2)C3=O. The van der Waals surface area contributed by atoms with Crippen LogP contribution < -0.4 is 24.4 Å². The lowest BCUT2D eigenvalue weighted by Crippen LogP contribution is -2.65. The maximum atomic E-state index is 14.1. The number of ether oxygens (including phenoxy) is 3. The van der Waals surface area contributed by atoms with Gasteiger partial charge in [-0.05, 0) is 50.1 Å². The van der Waals surface area contributed by atoms with E-state index in [4.69, 9.17) is 14.2 Å². The van der Waals surface area contributed by atoms with Crippen LogP contribution in [0, 0.1) is 0 Å². The maximum Gasteiger partial charge on any atom is 0.275 e. The molecule has 0 unspecified atom stereocenters. The first-order chi connectivity index (χ1) is 17.0. The number of hydrogen-bond donors (Lipinski definition) is 1. The van der Waals surface area contributed by atoms with Crippen LogP contribution in [0.25, 0.3) is 10.9 Å². The number of hydrogen-bond acceptors (Lipinski definition) is 5. The summed E-state index contributed by atoms with van der Waals surface area (Å²) in [7, 11) is 1.62. The smallest absolute Gasteiger partial charge is 0.275 e. The highest BCUT2D eigenvalue weighted by atomic mass is 16.7. The highest BCUT2D eigenvalue weighted by Crippen LogP contribution is 2.41. The van der Waals surface area contributed by atoms with Crippen LogP contribution in [0.5, 0.6) is 17.2 Å². The fraction of sp³-hybridized carbons (Fsp3) is 0.407. The van der Waals surface area contributed by atoms with Crippen molar-refractivity contribution in [3.05, 3.63) is 48.2 Å². The Morgan fingerprint density at radius 3 is 2.66 bits per heavy atom. The molecule has 1 atom stereocenters. The summed E-state index contributed by atoms with van der Waals surface area (Å²) in [6.45, 7) is 2.31. The third kappa shape index (κ3) is 3.50. The van der Waals surface area contributed by atoms with Crippen molar-refractivity contribution in [2.24, 2.45) is 0 Å². The van der Waals surface area contributed by atoms with Gasteiger partial charge in [-0.2, -0.15) is 0 Å². The Morgan fingerprint density at radius 1 is 1.06 bits per heavy atom. The number of anilines is 1. The average Bonchev–Trinajstić information content (AvgIpc) is 3.48. The summed E-state index contributed by atoms with van der Waals surface area (Å²) in [6, 6.07) is 13.1. The molecule has 1 saturated carbocycles. The lowest BCUT2D eigenvalue weighted by Gasteiger charge is -2.44. The van der Waals surface area contributed by atoms with Crippen LogP contribution in [0.3, 0.4) is 0 Å². The molecule has 1 aromatic heterocycles. The Hall–Kier alpha value is -3.68. The molecule has 0 radical (unpaired) electrons. The molecule has 0 spiro atoms. The van der Waals surface area contributed by atoms with Crippen LogP contribution in [0.4, 0.5) is 5.69 Å². The van der Waals surface area contributed by atoms with Crippen LogP contribution in [-0.4, -0.2) is 41.9 Å². The highest BCUT2D eigenvalue weighted by molar-refractivity contribution is 6.14. The largest absolute Gasteiger partial charge is 0.497 e. The molecule has 3 aromatic rings. The van der Waals surface area contributed by atoms with E-state index >= 15 is 0 Å². The zero-order valence-corrected chi connectivity index (χ0v) is 20.0. The van der Waals surface area contributed by atoms with Gasteiger partial charge in [0, 0.05) is 29.2 Å². The van der Waals surface area contributed by atoms with E-state index in [0.717, 1.165) is 36.6 Å². The first-order valence-corrected chi connectivity index (χ1v) is 12.2. The Labute approximate surface area is 203 Å². The molecule has 0 saturated heterocycles. The topological polar surface area (TPSA) is 82.0 Å². The fourth-order valence-corrected chi connectivity index (χ4v) is 5.61. The van der Waals surface area contributed by atoms with Crippen molar-refractivity contribution in [2.75, 3.05) is 18.8 Å². The summed E-state index contributed by atoms with van der Waals surface area (Å²) in [6.07, 6.45) is 5.35. The normalized spacial score (nSPS) is 21.8. The number of methoxy groups -OCH3 is 1. The van der Waals surface area contributed by atoms with Crippen LogP contribution in [0.15, 0.2) is 42.5 Å². The van der Waals surface area contributed by atoms with Gasteiger partial charge in [-0.25, -0.2) is 0 Å². The fourth-order valence-electron chi connectivity index (χ4n) is 5.61. The molecule has 2 aromatic carbocycles. The number of rotatable bonds is 4. The predicted octanol–water partition coefficient (Wildman–Crippen LogP) is 4.25. The minimum atomic E-state index is -1.15. The number of amides is 2. The van der Waals surface area contributed by atoms with Gasteiger partial charge < -0.3 is 24.1 Å². The number of carbonyl (C=O) groups excluding carboxylic acids is 2. The lowest BCUT2D eigenvalue weighted by molar-refractivity contribution is -0.127. The van der Waals surface area contributed by atoms with Gasteiger partial charge in [0.2, 0.25) is 12.7 Å². The Balaban J connectivity index is 1.47. The van der Waals surface area contributed by atoms with Gasteiger partial charge in [-0.15, -0.1) is 0 Å².